The topological polar surface area (TPSA) is 101 Å². The second-order valence-corrected chi connectivity index (χ2v) is 9.80. The van der Waals surface area contributed by atoms with E-state index >= 15 is 0 Å². The molecule has 1 spiro atoms. The fourth-order valence-electron chi connectivity index (χ4n) is 4.59. The van der Waals surface area contributed by atoms with Gasteiger partial charge in [0.15, 0.2) is 11.6 Å². The molecule has 5 heterocycles. The highest BCUT2D eigenvalue weighted by Crippen LogP contribution is 2.39. The third-order valence-electron chi connectivity index (χ3n) is 6.52. The van der Waals surface area contributed by atoms with Crippen molar-refractivity contribution in [3.8, 4) is 5.82 Å². The third kappa shape index (κ3) is 3.97. The van der Waals surface area contributed by atoms with Gasteiger partial charge in [0, 0.05) is 69.5 Å². The molecule has 0 atom stereocenters. The molecule has 34 heavy (non-hydrogen) atoms. The van der Waals surface area contributed by atoms with Crippen molar-refractivity contribution in [3.05, 3.63) is 29.8 Å². The molecule has 2 fully saturated rings. The predicted octanol–water partition coefficient (Wildman–Crippen LogP) is 3.20. The number of halogens is 2. The van der Waals surface area contributed by atoms with Gasteiger partial charge in [-0.05, 0) is 12.3 Å². The second kappa shape index (κ2) is 7.93. The average Bonchev–Trinajstić information content (AvgIpc) is 3.34. The number of carbonyl (C=O) groups is 1. The number of amides is 1. The molecular weight excluding hydrogens is 442 g/mol. The van der Waals surface area contributed by atoms with Crippen molar-refractivity contribution in [1.82, 2.24) is 30.0 Å². The van der Waals surface area contributed by atoms with Crippen LogP contribution in [0.4, 0.5) is 20.4 Å². The normalized spacial score (nSPS) is 17.6. The van der Waals surface area contributed by atoms with Crippen LogP contribution in [0.5, 0.6) is 0 Å². The van der Waals surface area contributed by atoms with Gasteiger partial charge in [-0.3, -0.25) is 4.79 Å². The number of pyridine rings is 1. The first kappa shape index (κ1) is 22.6. The molecule has 3 aromatic heterocycles. The molecule has 0 unspecified atom stereocenters. The number of hydrogen-bond acceptors (Lipinski definition) is 7. The van der Waals surface area contributed by atoms with E-state index in [0.29, 0.717) is 17.0 Å². The van der Waals surface area contributed by atoms with Crippen molar-refractivity contribution in [3.63, 3.8) is 0 Å². The first-order valence-corrected chi connectivity index (χ1v) is 11.4. The highest BCUT2D eigenvalue weighted by molar-refractivity contribution is 5.95. The SMILES string of the molecule is CC(=O)Nc1cc2c(cn1)c(N1CCC3(CNC3)C1)nn2-c1cc(C(C)C)nc(C(C)(F)F)n1. The molecule has 2 saturated heterocycles. The van der Waals surface area contributed by atoms with E-state index in [1.807, 2.05) is 13.8 Å². The minimum absolute atomic E-state index is 0.0784. The Morgan fingerprint density at radius 3 is 2.62 bits per heavy atom. The van der Waals surface area contributed by atoms with Gasteiger partial charge in [-0.2, -0.15) is 8.78 Å². The van der Waals surface area contributed by atoms with Gasteiger partial charge in [-0.1, -0.05) is 13.8 Å². The molecule has 2 aliphatic heterocycles. The van der Waals surface area contributed by atoms with Crippen LogP contribution in [-0.4, -0.2) is 56.8 Å². The molecule has 0 aromatic carbocycles. The molecule has 0 radical (unpaired) electrons. The fraction of sp³-hybridized carbons (Fsp3) is 0.522. The van der Waals surface area contributed by atoms with Crippen LogP contribution in [0.2, 0.25) is 0 Å². The van der Waals surface area contributed by atoms with Crippen LogP contribution in [-0.2, 0) is 10.7 Å². The van der Waals surface area contributed by atoms with Gasteiger partial charge in [0.25, 0.3) is 0 Å². The Morgan fingerprint density at radius 1 is 1.26 bits per heavy atom. The monoisotopic (exact) mass is 470 g/mol. The number of alkyl halides is 2. The van der Waals surface area contributed by atoms with Gasteiger partial charge in [0.2, 0.25) is 11.7 Å². The van der Waals surface area contributed by atoms with E-state index in [1.165, 1.54) is 6.92 Å². The van der Waals surface area contributed by atoms with Crippen LogP contribution in [0, 0.1) is 5.41 Å². The van der Waals surface area contributed by atoms with Gasteiger partial charge < -0.3 is 15.5 Å². The molecule has 180 valence electrons. The Kier molecular flexibility index (Phi) is 5.27. The Balaban J connectivity index is 1.68. The van der Waals surface area contributed by atoms with Crippen LogP contribution in [0.25, 0.3) is 16.7 Å². The van der Waals surface area contributed by atoms with E-state index in [2.05, 4.69) is 30.5 Å². The zero-order valence-corrected chi connectivity index (χ0v) is 19.7. The summed E-state index contributed by atoms with van der Waals surface area (Å²) in [4.78, 5) is 26.5. The van der Waals surface area contributed by atoms with E-state index in [4.69, 9.17) is 5.10 Å². The Labute approximate surface area is 196 Å². The molecule has 5 rings (SSSR count). The maximum atomic E-state index is 14.3. The molecular formula is C23H28F2N8O. The number of carbonyl (C=O) groups excluding carboxylic acids is 1. The summed E-state index contributed by atoms with van der Waals surface area (Å²) in [6.07, 6.45) is 2.73. The highest BCUT2D eigenvalue weighted by Gasteiger charge is 2.44. The van der Waals surface area contributed by atoms with Gasteiger partial charge in [0.1, 0.15) is 5.82 Å². The van der Waals surface area contributed by atoms with Crippen LogP contribution in [0.3, 0.4) is 0 Å². The minimum atomic E-state index is -3.20. The number of aromatic nitrogens is 5. The summed E-state index contributed by atoms with van der Waals surface area (Å²) < 4.78 is 30.1. The average molecular weight is 471 g/mol. The molecule has 2 N–H and O–H groups in total. The smallest absolute Gasteiger partial charge is 0.303 e. The molecule has 3 aromatic rings. The summed E-state index contributed by atoms with van der Waals surface area (Å²) in [5.74, 6) is -2.74. The first-order chi connectivity index (χ1) is 16.0. The summed E-state index contributed by atoms with van der Waals surface area (Å²) in [6, 6.07) is 3.39. The maximum Gasteiger partial charge on any atom is 0.303 e. The van der Waals surface area contributed by atoms with Gasteiger partial charge in [0.05, 0.1) is 10.9 Å². The minimum Gasteiger partial charge on any atom is -0.354 e. The first-order valence-electron chi connectivity index (χ1n) is 11.4. The lowest BCUT2D eigenvalue weighted by Crippen LogP contribution is -2.54. The summed E-state index contributed by atoms with van der Waals surface area (Å²) >= 11 is 0. The van der Waals surface area contributed by atoms with Crippen LogP contribution < -0.4 is 15.5 Å². The van der Waals surface area contributed by atoms with Gasteiger partial charge in [-0.15, -0.1) is 5.10 Å². The maximum absolute atomic E-state index is 14.3. The largest absolute Gasteiger partial charge is 0.354 e. The predicted molar refractivity (Wildman–Crippen MR) is 125 cm³/mol. The Hall–Kier alpha value is -3.21. The molecule has 0 aliphatic carbocycles. The van der Waals surface area contributed by atoms with Crippen molar-refractivity contribution in [1.29, 1.82) is 0 Å². The van der Waals surface area contributed by atoms with Gasteiger partial charge >= 0.3 is 5.92 Å². The van der Waals surface area contributed by atoms with E-state index in [9.17, 15) is 13.6 Å². The number of nitrogens with zero attached hydrogens (tertiary/aromatic N) is 6. The summed E-state index contributed by atoms with van der Waals surface area (Å²) in [5.41, 5.74) is 1.38. The van der Waals surface area contributed by atoms with Crippen molar-refractivity contribution in [2.24, 2.45) is 5.41 Å². The van der Waals surface area contributed by atoms with Crippen molar-refractivity contribution in [2.45, 2.75) is 46.0 Å². The van der Waals surface area contributed by atoms with Crippen molar-refractivity contribution >= 4 is 28.4 Å². The zero-order chi connectivity index (χ0) is 24.3. The van der Waals surface area contributed by atoms with E-state index < -0.39 is 11.7 Å². The van der Waals surface area contributed by atoms with E-state index in [0.717, 1.165) is 50.7 Å². The number of fused-ring (bicyclic) bond motifs is 1. The van der Waals surface area contributed by atoms with Crippen LogP contribution in [0.15, 0.2) is 18.3 Å². The third-order valence-corrected chi connectivity index (χ3v) is 6.52. The number of nitrogens with one attached hydrogen (secondary N) is 2. The number of rotatable bonds is 5. The van der Waals surface area contributed by atoms with Crippen LogP contribution in [0.1, 0.15) is 51.6 Å². The Morgan fingerprint density at radius 2 is 2.03 bits per heavy atom. The molecule has 11 heteroatoms. The summed E-state index contributed by atoms with van der Waals surface area (Å²) in [5, 5.41) is 11.7. The summed E-state index contributed by atoms with van der Waals surface area (Å²) in [7, 11) is 0. The lowest BCUT2D eigenvalue weighted by atomic mass is 9.81. The Bertz CT molecular complexity index is 1260. The van der Waals surface area contributed by atoms with Crippen molar-refractivity contribution in [2.75, 3.05) is 36.4 Å². The zero-order valence-electron chi connectivity index (χ0n) is 19.7. The highest BCUT2D eigenvalue weighted by atomic mass is 19.3. The van der Waals surface area contributed by atoms with Crippen LogP contribution >= 0.6 is 0 Å². The lowest BCUT2D eigenvalue weighted by molar-refractivity contribution is -0.114. The quantitative estimate of drug-likeness (QED) is 0.591. The van der Waals surface area contributed by atoms with E-state index in [-0.39, 0.29) is 23.1 Å². The standard InChI is InChI=1S/C23H28F2N8O/c1-13(2)16-7-19(30-21(29-16)22(4,24)25)33-17-8-18(28-14(3)34)27-9-15(17)20(31-33)32-6-5-23(12-32)10-26-11-23/h7-9,13,26H,5-6,10-12H2,1-4H3,(H,27,28,34). The fourth-order valence-corrected chi connectivity index (χ4v) is 4.59. The molecule has 0 bridgehead atoms. The van der Waals surface area contributed by atoms with Crippen molar-refractivity contribution < 1.29 is 13.6 Å². The summed E-state index contributed by atoms with van der Waals surface area (Å²) in [6.45, 7) is 9.64. The lowest BCUT2D eigenvalue weighted by Gasteiger charge is -2.39. The molecule has 0 saturated carbocycles. The molecule has 1 amide bonds. The molecule has 9 nitrogen and oxygen atoms in total. The number of anilines is 2. The molecule has 2 aliphatic rings. The number of hydrogen-bond donors (Lipinski definition) is 2. The van der Waals surface area contributed by atoms with Gasteiger partial charge in [-0.25, -0.2) is 19.6 Å². The second-order valence-electron chi connectivity index (χ2n) is 9.80. The van der Waals surface area contributed by atoms with E-state index in [1.54, 1.807) is 23.0 Å².